The van der Waals surface area contributed by atoms with E-state index in [1.807, 2.05) is 20.8 Å². The minimum atomic E-state index is -0.374. The Morgan fingerprint density at radius 3 is 2.76 bits per heavy atom. The van der Waals surface area contributed by atoms with E-state index >= 15 is 0 Å². The monoisotopic (exact) mass is 288 g/mol. The fraction of sp³-hybridized carbons (Fsp3) is 0.357. The lowest BCUT2D eigenvalue weighted by atomic mass is 9.96. The van der Waals surface area contributed by atoms with Gasteiger partial charge in [0.05, 0.1) is 0 Å². The van der Waals surface area contributed by atoms with E-state index in [-0.39, 0.29) is 23.9 Å². The van der Waals surface area contributed by atoms with Gasteiger partial charge in [-0.2, -0.15) is 0 Å². The first-order chi connectivity index (χ1) is 9.93. The number of hydrogen-bond donors (Lipinski definition) is 2. The summed E-state index contributed by atoms with van der Waals surface area (Å²) in [6.07, 6.45) is 0. The molecule has 0 saturated carbocycles. The summed E-state index contributed by atoms with van der Waals surface area (Å²) in [6.45, 7) is 6.18. The average Bonchev–Trinajstić information content (AvgIpc) is 3.06. The second-order valence-electron chi connectivity index (χ2n) is 5.78. The van der Waals surface area contributed by atoms with Gasteiger partial charge in [-0.25, -0.2) is 4.98 Å². The number of ether oxygens (including phenoxy) is 2. The van der Waals surface area contributed by atoms with Crippen molar-refractivity contribution in [2.75, 3.05) is 12.1 Å². The summed E-state index contributed by atoms with van der Waals surface area (Å²) in [4.78, 5) is 16.3. The van der Waals surface area contributed by atoms with Crippen LogP contribution in [0.4, 0.5) is 5.69 Å². The standard InChI is InChI=1S/C14H16N4O3/c1-14(2,3)13-16-11(17-18-13)12(19)15-8-4-5-9-10(6-8)21-7-20-9/h4-6H,7H2,1-3H3,(H,15,19)(H,16,17,18). The van der Waals surface area contributed by atoms with Crippen LogP contribution in [0, 0.1) is 0 Å². The van der Waals surface area contributed by atoms with Crippen molar-refractivity contribution in [1.82, 2.24) is 15.2 Å². The molecule has 2 heterocycles. The third kappa shape index (κ3) is 2.67. The largest absolute Gasteiger partial charge is 0.454 e. The summed E-state index contributed by atoms with van der Waals surface area (Å²) in [5.74, 6) is 1.68. The molecule has 3 rings (SSSR count). The van der Waals surface area contributed by atoms with Gasteiger partial charge >= 0.3 is 0 Å². The van der Waals surface area contributed by atoms with Crippen molar-refractivity contribution in [3.8, 4) is 11.5 Å². The predicted octanol–water partition coefficient (Wildman–Crippen LogP) is 2.08. The maximum Gasteiger partial charge on any atom is 0.295 e. The number of aromatic amines is 1. The van der Waals surface area contributed by atoms with E-state index in [0.29, 0.717) is 23.0 Å². The number of H-pyrrole nitrogens is 1. The second kappa shape index (κ2) is 4.76. The molecule has 0 spiro atoms. The van der Waals surface area contributed by atoms with Crippen molar-refractivity contribution >= 4 is 11.6 Å². The molecular weight excluding hydrogens is 272 g/mol. The molecule has 110 valence electrons. The highest BCUT2D eigenvalue weighted by Crippen LogP contribution is 2.34. The first-order valence-corrected chi connectivity index (χ1v) is 6.57. The van der Waals surface area contributed by atoms with Crippen LogP contribution in [0.2, 0.25) is 0 Å². The SMILES string of the molecule is CC(C)(C)c1nc(C(=O)Nc2ccc3c(c2)OCO3)n[nH]1. The van der Waals surface area contributed by atoms with Crippen molar-refractivity contribution in [2.45, 2.75) is 26.2 Å². The second-order valence-corrected chi connectivity index (χ2v) is 5.78. The van der Waals surface area contributed by atoms with Crippen LogP contribution < -0.4 is 14.8 Å². The lowest BCUT2D eigenvalue weighted by Crippen LogP contribution is -2.16. The Labute approximate surface area is 121 Å². The Kier molecular flexibility index (Phi) is 3.04. The number of carbonyl (C=O) groups excluding carboxylic acids is 1. The van der Waals surface area contributed by atoms with Gasteiger partial charge in [0.15, 0.2) is 11.5 Å². The van der Waals surface area contributed by atoms with Gasteiger partial charge in [-0.15, -0.1) is 5.10 Å². The maximum absolute atomic E-state index is 12.1. The fourth-order valence-electron chi connectivity index (χ4n) is 1.86. The highest BCUT2D eigenvalue weighted by Gasteiger charge is 2.22. The van der Waals surface area contributed by atoms with Gasteiger partial charge in [-0.1, -0.05) is 20.8 Å². The van der Waals surface area contributed by atoms with Gasteiger partial charge in [0.1, 0.15) is 5.82 Å². The molecule has 1 amide bonds. The average molecular weight is 288 g/mol. The number of carbonyl (C=O) groups is 1. The van der Waals surface area contributed by atoms with Gasteiger partial charge in [0.2, 0.25) is 12.6 Å². The van der Waals surface area contributed by atoms with Gasteiger partial charge < -0.3 is 14.8 Å². The molecule has 1 aliphatic rings. The van der Waals surface area contributed by atoms with Crippen molar-refractivity contribution in [3.05, 3.63) is 29.8 Å². The normalized spacial score (nSPS) is 13.3. The molecule has 7 heteroatoms. The van der Waals surface area contributed by atoms with Crippen LogP contribution in [0.25, 0.3) is 0 Å². The molecule has 1 aromatic heterocycles. The zero-order valence-electron chi connectivity index (χ0n) is 12.1. The molecule has 21 heavy (non-hydrogen) atoms. The van der Waals surface area contributed by atoms with Crippen molar-refractivity contribution in [2.24, 2.45) is 0 Å². The van der Waals surface area contributed by atoms with E-state index in [9.17, 15) is 4.79 Å². The third-order valence-electron chi connectivity index (χ3n) is 3.03. The van der Waals surface area contributed by atoms with E-state index in [1.165, 1.54) is 0 Å². The Morgan fingerprint density at radius 1 is 1.29 bits per heavy atom. The minimum Gasteiger partial charge on any atom is -0.454 e. The van der Waals surface area contributed by atoms with Crippen molar-refractivity contribution in [3.63, 3.8) is 0 Å². The molecule has 0 saturated heterocycles. The van der Waals surface area contributed by atoms with E-state index in [1.54, 1.807) is 18.2 Å². The highest BCUT2D eigenvalue weighted by atomic mass is 16.7. The molecular formula is C14H16N4O3. The van der Waals surface area contributed by atoms with Gasteiger partial charge in [0.25, 0.3) is 5.91 Å². The first-order valence-electron chi connectivity index (χ1n) is 6.57. The lowest BCUT2D eigenvalue weighted by Gasteiger charge is -2.12. The smallest absolute Gasteiger partial charge is 0.295 e. The van der Waals surface area contributed by atoms with E-state index in [2.05, 4.69) is 20.5 Å². The number of rotatable bonds is 2. The number of benzene rings is 1. The number of hydrogen-bond acceptors (Lipinski definition) is 5. The Balaban J connectivity index is 1.76. The van der Waals surface area contributed by atoms with Crippen LogP contribution in [0.1, 0.15) is 37.2 Å². The zero-order chi connectivity index (χ0) is 15.0. The van der Waals surface area contributed by atoms with E-state index < -0.39 is 0 Å². The highest BCUT2D eigenvalue weighted by molar-refractivity contribution is 6.01. The number of nitrogens with zero attached hydrogens (tertiary/aromatic N) is 2. The van der Waals surface area contributed by atoms with Crippen molar-refractivity contribution in [1.29, 1.82) is 0 Å². The number of anilines is 1. The quantitative estimate of drug-likeness (QED) is 0.883. The van der Waals surface area contributed by atoms with E-state index in [0.717, 1.165) is 0 Å². The summed E-state index contributed by atoms with van der Waals surface area (Å²) in [5, 5.41) is 9.47. The third-order valence-corrected chi connectivity index (χ3v) is 3.03. The summed E-state index contributed by atoms with van der Waals surface area (Å²) in [7, 11) is 0. The first kappa shape index (κ1) is 13.4. The number of nitrogens with one attached hydrogen (secondary N) is 2. The van der Waals surface area contributed by atoms with Gasteiger partial charge in [0, 0.05) is 17.2 Å². The Morgan fingerprint density at radius 2 is 2.05 bits per heavy atom. The van der Waals surface area contributed by atoms with Crippen LogP contribution >= 0.6 is 0 Å². The molecule has 1 aliphatic heterocycles. The Bertz CT molecular complexity index is 688. The molecule has 0 radical (unpaired) electrons. The Hall–Kier alpha value is -2.57. The minimum absolute atomic E-state index is 0.109. The van der Waals surface area contributed by atoms with Gasteiger partial charge in [-0.05, 0) is 12.1 Å². The summed E-state index contributed by atoms with van der Waals surface area (Å²) >= 11 is 0. The molecule has 1 aromatic carbocycles. The zero-order valence-corrected chi connectivity index (χ0v) is 12.1. The molecule has 0 bridgehead atoms. The number of amides is 1. The summed E-state index contributed by atoms with van der Waals surface area (Å²) in [6, 6.07) is 5.19. The molecule has 0 atom stereocenters. The number of aromatic nitrogens is 3. The summed E-state index contributed by atoms with van der Waals surface area (Å²) in [5.41, 5.74) is 0.413. The topological polar surface area (TPSA) is 89.1 Å². The molecule has 0 fully saturated rings. The van der Waals surface area contributed by atoms with Crippen molar-refractivity contribution < 1.29 is 14.3 Å². The van der Waals surface area contributed by atoms with E-state index in [4.69, 9.17) is 9.47 Å². The van der Waals surface area contributed by atoms with Crippen LogP contribution in [0.15, 0.2) is 18.2 Å². The molecule has 0 aliphatic carbocycles. The molecule has 2 aromatic rings. The van der Waals surface area contributed by atoms with Gasteiger partial charge in [-0.3, -0.25) is 9.89 Å². The van der Waals surface area contributed by atoms with Crippen LogP contribution in [0.5, 0.6) is 11.5 Å². The predicted molar refractivity (Wildman–Crippen MR) is 75.6 cm³/mol. The van der Waals surface area contributed by atoms with Crippen LogP contribution in [-0.2, 0) is 5.41 Å². The molecule has 2 N–H and O–H groups in total. The lowest BCUT2D eigenvalue weighted by molar-refractivity contribution is 0.101. The van der Waals surface area contributed by atoms with Crippen LogP contribution in [-0.4, -0.2) is 27.9 Å². The van der Waals surface area contributed by atoms with Crippen LogP contribution in [0.3, 0.4) is 0 Å². The fourth-order valence-corrected chi connectivity index (χ4v) is 1.86. The maximum atomic E-state index is 12.1. The summed E-state index contributed by atoms with van der Waals surface area (Å²) < 4.78 is 10.5. The molecule has 0 unspecified atom stereocenters. The molecule has 7 nitrogen and oxygen atoms in total. The number of fused-ring (bicyclic) bond motifs is 1.